The number of amidine groups is 1. The number of nitrogens with zero attached hydrogens (tertiary/aromatic N) is 1. The maximum atomic E-state index is 12.1. The van der Waals surface area contributed by atoms with Crippen molar-refractivity contribution in [3.05, 3.63) is 29.8 Å². The van der Waals surface area contributed by atoms with E-state index in [1.807, 2.05) is 0 Å². The Labute approximate surface area is 158 Å². The van der Waals surface area contributed by atoms with Gasteiger partial charge in [-0.15, -0.1) is 0 Å². The number of hydrogen-bond acceptors (Lipinski definition) is 5. The summed E-state index contributed by atoms with van der Waals surface area (Å²) < 4.78 is 26.5. The number of sulfonamides is 1. The lowest BCUT2D eigenvalue weighted by molar-refractivity contribution is -0.122. The lowest BCUT2D eigenvalue weighted by Crippen LogP contribution is -2.49. The average molecular weight is 398 g/mol. The maximum absolute atomic E-state index is 12.1. The lowest BCUT2D eigenvalue weighted by atomic mass is 10.2. The van der Waals surface area contributed by atoms with Crippen molar-refractivity contribution in [3.8, 4) is 0 Å². The first-order valence-electron chi connectivity index (χ1n) is 8.39. The van der Waals surface area contributed by atoms with Crippen LogP contribution in [-0.4, -0.2) is 37.9 Å². The van der Waals surface area contributed by atoms with Gasteiger partial charge < -0.3 is 5.32 Å². The highest BCUT2D eigenvalue weighted by Gasteiger charge is 2.31. The number of unbranched alkanes of at least 4 members (excludes halogenated alkanes) is 2. The van der Waals surface area contributed by atoms with Crippen LogP contribution in [0.2, 0.25) is 0 Å². The monoisotopic (exact) mass is 397 g/mol. The van der Waals surface area contributed by atoms with E-state index >= 15 is 0 Å². The Kier molecular flexibility index (Phi) is 6.92. The molecule has 0 spiro atoms. The van der Waals surface area contributed by atoms with Gasteiger partial charge in [0.25, 0.3) is 15.9 Å². The van der Waals surface area contributed by atoms with Crippen molar-refractivity contribution in [3.63, 3.8) is 0 Å². The summed E-state index contributed by atoms with van der Waals surface area (Å²) >= 11 is 5.07. The van der Waals surface area contributed by atoms with Crippen molar-refractivity contribution >= 4 is 39.1 Å². The number of carbonyl (C=O) groups excluding carboxylic acids is 1. The van der Waals surface area contributed by atoms with E-state index in [1.54, 1.807) is 25.1 Å². The normalized spacial score (nSPS) is 17.1. The van der Waals surface area contributed by atoms with Gasteiger partial charge in [0, 0.05) is 12.1 Å². The highest BCUT2D eigenvalue weighted by molar-refractivity contribution is 7.90. The molecule has 0 radical (unpaired) electrons. The van der Waals surface area contributed by atoms with Gasteiger partial charge in [0.05, 0.1) is 4.90 Å². The summed E-state index contributed by atoms with van der Waals surface area (Å²) in [6.45, 7) is 4.41. The fourth-order valence-electron chi connectivity index (χ4n) is 2.33. The Balaban J connectivity index is 1.91. The van der Waals surface area contributed by atoms with Gasteiger partial charge in [-0.3, -0.25) is 25.4 Å². The van der Waals surface area contributed by atoms with Crippen molar-refractivity contribution in [2.75, 3.05) is 6.54 Å². The highest BCUT2D eigenvalue weighted by Crippen LogP contribution is 2.22. The van der Waals surface area contributed by atoms with Crippen molar-refractivity contribution in [1.29, 1.82) is 0 Å². The van der Waals surface area contributed by atoms with Gasteiger partial charge >= 0.3 is 0 Å². The molecule has 4 N–H and O–H groups in total. The SMILES string of the molecule is CCCCCNC(=S)NNC(=O)[C@H](C)N=C1NS(=O)(=O)c2ccccc21. The van der Waals surface area contributed by atoms with Crippen molar-refractivity contribution in [1.82, 2.24) is 20.9 Å². The number of nitrogens with one attached hydrogen (secondary N) is 4. The molecule has 26 heavy (non-hydrogen) atoms. The molecule has 1 amide bonds. The van der Waals surface area contributed by atoms with Gasteiger partial charge in [-0.05, 0) is 37.7 Å². The van der Waals surface area contributed by atoms with E-state index in [1.165, 1.54) is 6.07 Å². The summed E-state index contributed by atoms with van der Waals surface area (Å²) in [6.07, 6.45) is 3.22. The van der Waals surface area contributed by atoms with E-state index in [9.17, 15) is 13.2 Å². The topological polar surface area (TPSA) is 112 Å². The number of rotatable bonds is 6. The number of benzene rings is 1. The molecule has 0 saturated carbocycles. The van der Waals surface area contributed by atoms with Crippen molar-refractivity contribution in [2.45, 2.75) is 44.0 Å². The van der Waals surface area contributed by atoms with Crippen LogP contribution >= 0.6 is 12.2 Å². The molecule has 0 fully saturated rings. The van der Waals surface area contributed by atoms with E-state index in [-0.39, 0.29) is 10.7 Å². The minimum absolute atomic E-state index is 0.155. The molecular formula is C16H23N5O3S2. The molecule has 0 bridgehead atoms. The Morgan fingerprint density at radius 3 is 2.73 bits per heavy atom. The predicted octanol–water partition coefficient (Wildman–Crippen LogP) is 0.799. The van der Waals surface area contributed by atoms with Crippen molar-refractivity contribution < 1.29 is 13.2 Å². The summed E-state index contributed by atoms with van der Waals surface area (Å²) in [5.74, 6) is -0.276. The standard InChI is InChI=1S/C16H23N5O3S2/c1-3-4-7-10-17-16(25)20-19-15(22)11(2)18-14-12-8-5-6-9-13(12)26(23,24)21-14/h5-6,8-9,11H,3-4,7,10H2,1-2H3,(H,18,21)(H,19,22)(H2,17,20,25)/t11-/m0/s1. The first kappa shape index (κ1) is 20.1. The molecule has 1 aromatic carbocycles. The zero-order valence-corrected chi connectivity index (χ0v) is 16.3. The van der Waals surface area contributed by atoms with Crippen LogP contribution in [0, 0.1) is 0 Å². The molecule has 1 aliphatic rings. The Hall–Kier alpha value is -2.20. The number of aliphatic imine (C=N–C) groups is 1. The highest BCUT2D eigenvalue weighted by atomic mass is 32.2. The maximum Gasteiger partial charge on any atom is 0.263 e. The molecule has 1 aromatic rings. The molecule has 0 unspecified atom stereocenters. The second kappa shape index (κ2) is 8.95. The van der Waals surface area contributed by atoms with Crippen LogP contribution in [0.15, 0.2) is 34.2 Å². The molecule has 10 heteroatoms. The second-order valence-corrected chi connectivity index (χ2v) is 7.89. The zero-order valence-electron chi connectivity index (χ0n) is 14.7. The van der Waals surface area contributed by atoms with Crippen LogP contribution in [0.1, 0.15) is 38.7 Å². The Morgan fingerprint density at radius 2 is 2.00 bits per heavy atom. The van der Waals surface area contributed by atoms with E-state index in [0.29, 0.717) is 10.7 Å². The molecule has 0 aliphatic carbocycles. The van der Waals surface area contributed by atoms with Gasteiger partial charge in [0.2, 0.25) is 0 Å². The minimum atomic E-state index is -3.63. The third kappa shape index (κ3) is 5.15. The van der Waals surface area contributed by atoms with Crippen LogP contribution in [0.3, 0.4) is 0 Å². The van der Waals surface area contributed by atoms with Gasteiger partial charge in [0.15, 0.2) is 5.11 Å². The number of fused-ring (bicyclic) bond motifs is 1. The van der Waals surface area contributed by atoms with E-state index in [2.05, 4.69) is 32.8 Å². The fourth-order valence-corrected chi connectivity index (χ4v) is 3.72. The third-order valence-corrected chi connectivity index (χ3v) is 5.37. The summed E-state index contributed by atoms with van der Waals surface area (Å²) in [4.78, 5) is 16.5. The quantitative estimate of drug-likeness (QED) is 0.321. The molecule has 1 atom stereocenters. The van der Waals surface area contributed by atoms with Crippen molar-refractivity contribution in [2.24, 2.45) is 4.99 Å². The number of hydrogen-bond donors (Lipinski definition) is 4. The largest absolute Gasteiger partial charge is 0.361 e. The van der Waals surface area contributed by atoms with E-state index in [0.717, 1.165) is 25.8 Å². The molecule has 2 rings (SSSR count). The summed E-state index contributed by atoms with van der Waals surface area (Å²) in [7, 11) is -3.63. The first-order chi connectivity index (χ1) is 12.3. The molecule has 1 aliphatic heterocycles. The molecule has 0 aromatic heterocycles. The number of carbonyl (C=O) groups is 1. The van der Waals surface area contributed by atoms with E-state index < -0.39 is 22.0 Å². The van der Waals surface area contributed by atoms with Gasteiger partial charge in [0.1, 0.15) is 11.9 Å². The fraction of sp³-hybridized carbons (Fsp3) is 0.438. The molecular weight excluding hydrogens is 374 g/mol. The average Bonchev–Trinajstić information content (AvgIpc) is 2.87. The predicted molar refractivity (Wildman–Crippen MR) is 104 cm³/mol. The molecule has 0 saturated heterocycles. The second-order valence-electron chi connectivity index (χ2n) is 5.83. The Bertz CT molecular complexity index is 808. The number of amides is 1. The van der Waals surface area contributed by atoms with Crippen LogP contribution in [0.25, 0.3) is 0 Å². The Morgan fingerprint density at radius 1 is 1.27 bits per heavy atom. The van der Waals surface area contributed by atoms with Crippen LogP contribution < -0.4 is 20.9 Å². The molecule has 1 heterocycles. The smallest absolute Gasteiger partial charge is 0.263 e. The molecule has 142 valence electrons. The summed E-state index contributed by atoms with van der Waals surface area (Å²) in [5.41, 5.74) is 5.53. The van der Waals surface area contributed by atoms with Crippen LogP contribution in [-0.2, 0) is 14.8 Å². The lowest BCUT2D eigenvalue weighted by Gasteiger charge is -2.13. The number of hydrazine groups is 1. The van der Waals surface area contributed by atoms with E-state index in [4.69, 9.17) is 12.2 Å². The van der Waals surface area contributed by atoms with Gasteiger partial charge in [-0.1, -0.05) is 31.9 Å². The first-order valence-corrected chi connectivity index (χ1v) is 10.3. The molecule has 8 nitrogen and oxygen atoms in total. The van der Waals surface area contributed by atoms with Gasteiger partial charge in [-0.25, -0.2) is 8.42 Å². The van der Waals surface area contributed by atoms with Crippen LogP contribution in [0.4, 0.5) is 0 Å². The summed E-state index contributed by atoms with van der Waals surface area (Å²) in [6, 6.07) is 5.68. The summed E-state index contributed by atoms with van der Waals surface area (Å²) in [5, 5.41) is 3.31. The van der Waals surface area contributed by atoms with Crippen LogP contribution in [0.5, 0.6) is 0 Å². The third-order valence-electron chi connectivity index (χ3n) is 3.73. The number of thiocarbonyl (C=S) groups is 1. The minimum Gasteiger partial charge on any atom is -0.361 e. The zero-order chi connectivity index (χ0) is 19.2. The van der Waals surface area contributed by atoms with Gasteiger partial charge in [-0.2, -0.15) is 0 Å².